The van der Waals surface area contributed by atoms with Crippen LogP contribution in [0.15, 0.2) is 16.5 Å². The SMILES string of the molecule is O=C(O)c1ccc(CNC(=O)C2CCCCC2C(F)(F)F)o1. The van der Waals surface area contributed by atoms with Gasteiger partial charge in [-0.05, 0) is 25.0 Å². The molecule has 0 bridgehead atoms. The summed E-state index contributed by atoms with van der Waals surface area (Å²) >= 11 is 0. The predicted octanol–water partition coefficient (Wildman–Crippen LogP) is 2.96. The van der Waals surface area contributed by atoms with Gasteiger partial charge in [0.1, 0.15) is 5.76 Å². The van der Waals surface area contributed by atoms with E-state index in [4.69, 9.17) is 9.52 Å². The van der Waals surface area contributed by atoms with Crippen molar-refractivity contribution in [2.24, 2.45) is 11.8 Å². The summed E-state index contributed by atoms with van der Waals surface area (Å²) in [5.74, 6) is -4.73. The average molecular weight is 319 g/mol. The lowest BCUT2D eigenvalue weighted by atomic mass is 9.78. The third-order valence-electron chi connectivity index (χ3n) is 3.83. The summed E-state index contributed by atoms with van der Waals surface area (Å²) in [7, 11) is 0. The normalized spacial score (nSPS) is 22.3. The van der Waals surface area contributed by atoms with Crippen LogP contribution in [0.1, 0.15) is 42.0 Å². The maximum atomic E-state index is 12.9. The van der Waals surface area contributed by atoms with E-state index in [1.165, 1.54) is 12.1 Å². The monoisotopic (exact) mass is 319 g/mol. The van der Waals surface area contributed by atoms with Crippen molar-refractivity contribution in [2.45, 2.75) is 38.4 Å². The van der Waals surface area contributed by atoms with Gasteiger partial charge in [0.15, 0.2) is 0 Å². The van der Waals surface area contributed by atoms with E-state index >= 15 is 0 Å². The van der Waals surface area contributed by atoms with E-state index in [1.807, 2.05) is 0 Å². The van der Waals surface area contributed by atoms with Gasteiger partial charge >= 0.3 is 12.1 Å². The Kier molecular flexibility index (Phi) is 4.77. The van der Waals surface area contributed by atoms with Crippen molar-refractivity contribution in [1.82, 2.24) is 5.32 Å². The van der Waals surface area contributed by atoms with Crippen LogP contribution >= 0.6 is 0 Å². The zero-order chi connectivity index (χ0) is 16.3. The van der Waals surface area contributed by atoms with Crippen molar-refractivity contribution >= 4 is 11.9 Å². The second kappa shape index (κ2) is 6.41. The lowest BCUT2D eigenvalue weighted by Gasteiger charge is -2.31. The number of carbonyl (C=O) groups excluding carboxylic acids is 1. The molecule has 2 unspecified atom stereocenters. The maximum absolute atomic E-state index is 12.9. The van der Waals surface area contributed by atoms with Crippen LogP contribution in [0.4, 0.5) is 13.2 Å². The van der Waals surface area contributed by atoms with Gasteiger partial charge in [0.05, 0.1) is 12.5 Å². The van der Waals surface area contributed by atoms with Crippen molar-refractivity contribution in [3.05, 3.63) is 23.7 Å². The molecule has 1 aromatic rings. The molecule has 2 rings (SSSR count). The number of hydrogen-bond donors (Lipinski definition) is 2. The summed E-state index contributed by atoms with van der Waals surface area (Å²) in [5, 5.41) is 11.1. The molecule has 1 heterocycles. The fourth-order valence-electron chi connectivity index (χ4n) is 2.73. The van der Waals surface area contributed by atoms with Crippen LogP contribution in [0.5, 0.6) is 0 Å². The van der Waals surface area contributed by atoms with Crippen molar-refractivity contribution < 1.29 is 32.3 Å². The van der Waals surface area contributed by atoms with E-state index in [-0.39, 0.29) is 30.9 Å². The zero-order valence-electron chi connectivity index (χ0n) is 11.7. The smallest absolute Gasteiger partial charge is 0.392 e. The highest BCUT2D eigenvalue weighted by molar-refractivity contribution is 5.84. The Morgan fingerprint density at radius 1 is 1.27 bits per heavy atom. The van der Waals surface area contributed by atoms with E-state index in [0.717, 1.165) is 0 Å². The van der Waals surface area contributed by atoms with Gasteiger partial charge in [0.25, 0.3) is 0 Å². The maximum Gasteiger partial charge on any atom is 0.392 e. The molecule has 0 spiro atoms. The minimum Gasteiger partial charge on any atom is -0.475 e. The molecule has 0 radical (unpaired) electrons. The Balaban J connectivity index is 1.96. The largest absolute Gasteiger partial charge is 0.475 e. The van der Waals surface area contributed by atoms with E-state index in [9.17, 15) is 22.8 Å². The van der Waals surface area contributed by atoms with Crippen LogP contribution in [-0.2, 0) is 11.3 Å². The molecule has 1 aliphatic carbocycles. The number of furan rings is 1. The number of amides is 1. The molecular weight excluding hydrogens is 303 g/mol. The highest BCUT2D eigenvalue weighted by atomic mass is 19.4. The van der Waals surface area contributed by atoms with E-state index in [0.29, 0.717) is 12.8 Å². The Labute approximate surface area is 124 Å². The molecule has 0 aromatic carbocycles. The number of carboxylic acid groups (broad SMARTS) is 1. The van der Waals surface area contributed by atoms with Crippen molar-refractivity contribution in [3.8, 4) is 0 Å². The number of hydrogen-bond acceptors (Lipinski definition) is 3. The lowest BCUT2D eigenvalue weighted by Crippen LogP contribution is -2.42. The topological polar surface area (TPSA) is 79.5 Å². The molecule has 1 amide bonds. The Morgan fingerprint density at radius 3 is 2.55 bits per heavy atom. The van der Waals surface area contributed by atoms with E-state index in [2.05, 4.69) is 5.32 Å². The van der Waals surface area contributed by atoms with Crippen LogP contribution in [0.25, 0.3) is 0 Å². The summed E-state index contributed by atoms with van der Waals surface area (Å²) in [6.07, 6.45) is -3.16. The molecule has 1 aliphatic rings. The number of carbonyl (C=O) groups is 2. The number of alkyl halides is 3. The molecular formula is C14H16F3NO4. The Hall–Kier alpha value is -1.99. The third kappa shape index (κ3) is 3.80. The molecule has 1 fully saturated rings. The standard InChI is InChI=1S/C14H16F3NO4/c15-14(16,17)10-4-2-1-3-9(10)12(19)18-7-8-5-6-11(22-8)13(20)21/h5-6,9-10H,1-4,7H2,(H,18,19)(H,20,21). The van der Waals surface area contributed by atoms with Gasteiger partial charge < -0.3 is 14.8 Å². The van der Waals surface area contributed by atoms with Gasteiger partial charge in [0.2, 0.25) is 11.7 Å². The third-order valence-corrected chi connectivity index (χ3v) is 3.83. The summed E-state index contributed by atoms with van der Waals surface area (Å²) in [4.78, 5) is 22.6. The van der Waals surface area contributed by atoms with E-state index < -0.39 is 29.9 Å². The van der Waals surface area contributed by atoms with E-state index in [1.54, 1.807) is 0 Å². The number of carboxylic acids is 1. The first-order valence-electron chi connectivity index (χ1n) is 6.95. The van der Waals surface area contributed by atoms with Crippen LogP contribution in [0, 0.1) is 11.8 Å². The minimum atomic E-state index is -4.39. The van der Waals surface area contributed by atoms with Crippen LogP contribution in [0.2, 0.25) is 0 Å². The van der Waals surface area contributed by atoms with Gasteiger partial charge in [-0.25, -0.2) is 4.79 Å². The van der Waals surface area contributed by atoms with Gasteiger partial charge in [-0.1, -0.05) is 12.8 Å². The minimum absolute atomic E-state index is 0.0362. The second-order valence-electron chi connectivity index (χ2n) is 5.33. The molecule has 22 heavy (non-hydrogen) atoms. The van der Waals surface area contributed by atoms with Crippen LogP contribution in [0.3, 0.4) is 0 Å². The van der Waals surface area contributed by atoms with Gasteiger partial charge in [-0.3, -0.25) is 4.79 Å². The molecule has 0 aliphatic heterocycles. The van der Waals surface area contributed by atoms with Crippen molar-refractivity contribution in [1.29, 1.82) is 0 Å². The number of rotatable bonds is 4. The summed E-state index contributed by atoms with van der Waals surface area (Å²) in [6.45, 7) is -0.132. The lowest BCUT2D eigenvalue weighted by molar-refractivity contribution is -0.198. The molecule has 2 atom stereocenters. The molecule has 1 aromatic heterocycles. The summed E-state index contributed by atoms with van der Waals surface area (Å²) < 4.78 is 43.8. The highest BCUT2D eigenvalue weighted by Gasteiger charge is 2.47. The van der Waals surface area contributed by atoms with Crippen LogP contribution < -0.4 is 5.32 Å². The average Bonchev–Trinajstić information content (AvgIpc) is 2.93. The Morgan fingerprint density at radius 2 is 1.95 bits per heavy atom. The Bertz CT molecular complexity index is 553. The molecule has 0 saturated heterocycles. The number of nitrogens with one attached hydrogen (secondary N) is 1. The molecule has 8 heteroatoms. The quantitative estimate of drug-likeness (QED) is 0.894. The molecule has 122 valence electrons. The number of halogens is 3. The number of aromatic carboxylic acids is 1. The fourth-order valence-corrected chi connectivity index (χ4v) is 2.73. The summed E-state index contributed by atoms with van der Waals surface area (Å²) in [5.41, 5.74) is 0. The first kappa shape index (κ1) is 16.4. The predicted molar refractivity (Wildman–Crippen MR) is 69.0 cm³/mol. The van der Waals surface area contributed by atoms with Gasteiger partial charge in [-0.15, -0.1) is 0 Å². The first-order chi connectivity index (χ1) is 10.3. The fraction of sp³-hybridized carbons (Fsp3) is 0.571. The highest BCUT2D eigenvalue weighted by Crippen LogP contribution is 2.41. The molecule has 5 nitrogen and oxygen atoms in total. The van der Waals surface area contributed by atoms with Gasteiger partial charge in [-0.2, -0.15) is 13.2 Å². The van der Waals surface area contributed by atoms with Gasteiger partial charge in [0, 0.05) is 5.92 Å². The molecule has 2 N–H and O–H groups in total. The zero-order valence-corrected chi connectivity index (χ0v) is 11.7. The first-order valence-corrected chi connectivity index (χ1v) is 6.95. The van der Waals surface area contributed by atoms with Crippen molar-refractivity contribution in [3.63, 3.8) is 0 Å². The second-order valence-corrected chi connectivity index (χ2v) is 5.33. The molecule has 1 saturated carbocycles. The summed E-state index contributed by atoms with van der Waals surface area (Å²) in [6, 6.07) is 2.59. The van der Waals surface area contributed by atoms with Crippen LogP contribution in [-0.4, -0.2) is 23.2 Å². The van der Waals surface area contributed by atoms with Crippen molar-refractivity contribution in [2.75, 3.05) is 0 Å².